The van der Waals surface area contributed by atoms with Gasteiger partial charge in [0, 0.05) is 37.7 Å². The molecule has 0 aliphatic heterocycles. The topological polar surface area (TPSA) is 188 Å². The third kappa shape index (κ3) is 10.1. The van der Waals surface area contributed by atoms with Gasteiger partial charge in [0.25, 0.3) is 11.8 Å². The van der Waals surface area contributed by atoms with Crippen LogP contribution in [0.5, 0.6) is 0 Å². The third-order valence-corrected chi connectivity index (χ3v) is 9.38. The van der Waals surface area contributed by atoms with E-state index in [4.69, 9.17) is 15.5 Å². The summed E-state index contributed by atoms with van der Waals surface area (Å²) in [4.78, 5) is 69.2. The second-order valence-corrected chi connectivity index (χ2v) is 14.1. The molecule has 4 amide bonds. The van der Waals surface area contributed by atoms with E-state index >= 15 is 0 Å². The van der Waals surface area contributed by atoms with Crippen LogP contribution in [0.2, 0.25) is 0 Å². The van der Waals surface area contributed by atoms with Crippen molar-refractivity contribution >= 4 is 69.7 Å². The molecule has 3 rings (SSSR count). The van der Waals surface area contributed by atoms with Crippen molar-refractivity contribution < 1.29 is 42.3 Å². The van der Waals surface area contributed by atoms with Crippen LogP contribution in [0.4, 0.5) is 8.78 Å². The lowest BCUT2D eigenvalue weighted by molar-refractivity contribution is -0.128. The highest BCUT2D eigenvalue weighted by Crippen LogP contribution is 2.59. The molecule has 11 nitrogen and oxygen atoms in total. The zero-order valence-corrected chi connectivity index (χ0v) is 28.9. The van der Waals surface area contributed by atoms with Crippen molar-refractivity contribution in [2.24, 2.45) is 5.73 Å². The highest BCUT2D eigenvalue weighted by molar-refractivity contribution is 14.1. The first-order valence-electron chi connectivity index (χ1n) is 13.7. The maximum atomic E-state index is 14.1. The monoisotopic (exact) mass is 834 g/mol. The van der Waals surface area contributed by atoms with Gasteiger partial charge < -0.3 is 31.5 Å². The van der Waals surface area contributed by atoms with Gasteiger partial charge in [-0.2, -0.15) is 8.78 Å². The van der Waals surface area contributed by atoms with E-state index in [1.807, 2.05) is 13.0 Å². The number of rotatable bonds is 14. The van der Waals surface area contributed by atoms with Gasteiger partial charge in [-0.25, -0.2) is 0 Å². The normalized spacial score (nSPS) is 12.9. The van der Waals surface area contributed by atoms with Gasteiger partial charge in [-0.15, -0.1) is 0 Å². The van der Waals surface area contributed by atoms with Gasteiger partial charge in [-0.05, 0) is 83.8 Å². The van der Waals surface area contributed by atoms with Crippen molar-refractivity contribution in [1.82, 2.24) is 16.0 Å². The number of nitrogens with two attached hydrogens (primary N) is 1. The van der Waals surface area contributed by atoms with Gasteiger partial charge in [0.1, 0.15) is 12.1 Å². The first kappa shape index (κ1) is 37.2. The SMILES string of the molecule is Cc1ccc(C(=O)N[C@@H](Cc2ccc(C(F)(F)P(=O)(O)O)cc2)C(=O)N[C@@H](CCCNC(=O)c2cccc(I)c2)C(N)=O)cc1Br. The summed E-state index contributed by atoms with van der Waals surface area (Å²) in [6.45, 7) is 2.00. The lowest BCUT2D eigenvalue weighted by Gasteiger charge is -2.23. The van der Waals surface area contributed by atoms with Crippen LogP contribution in [-0.2, 0) is 26.2 Å². The Hall–Kier alpha value is -3.24. The number of benzene rings is 3. The minimum absolute atomic E-state index is 0.0609. The van der Waals surface area contributed by atoms with Gasteiger partial charge in [-0.1, -0.05) is 52.3 Å². The summed E-state index contributed by atoms with van der Waals surface area (Å²) in [7, 11) is -5.80. The average Bonchev–Trinajstić information content (AvgIpc) is 2.99. The summed E-state index contributed by atoms with van der Waals surface area (Å²) >= 11 is 5.43. The Bertz CT molecular complexity index is 1660. The fourth-order valence-corrected chi connectivity index (χ4v) is 5.64. The summed E-state index contributed by atoms with van der Waals surface area (Å²) in [6, 6.07) is 13.2. The highest BCUT2D eigenvalue weighted by atomic mass is 127. The van der Waals surface area contributed by atoms with Crippen LogP contribution in [-0.4, -0.2) is 52.0 Å². The summed E-state index contributed by atoms with van der Waals surface area (Å²) in [5.74, 6) is -2.60. The number of alkyl halides is 2. The second kappa shape index (κ2) is 16.0. The molecule has 0 saturated heterocycles. The molecular formula is C30H31BrF2IN4O7P. The Morgan fingerprint density at radius 2 is 1.61 bits per heavy atom. The van der Waals surface area contributed by atoms with E-state index in [2.05, 4.69) is 54.5 Å². The molecule has 0 radical (unpaired) electrons. The Kier molecular flexibility index (Phi) is 13.0. The Balaban J connectivity index is 1.74. The molecule has 0 bridgehead atoms. The number of aryl methyl sites for hydroxylation is 1. The minimum Gasteiger partial charge on any atom is -0.368 e. The van der Waals surface area contributed by atoms with E-state index in [9.17, 15) is 32.5 Å². The van der Waals surface area contributed by atoms with Crippen molar-refractivity contribution in [2.45, 2.75) is 43.9 Å². The predicted octanol–water partition coefficient (Wildman–Crippen LogP) is 4.11. The van der Waals surface area contributed by atoms with Crippen LogP contribution in [0.25, 0.3) is 0 Å². The van der Waals surface area contributed by atoms with E-state index in [1.165, 1.54) is 0 Å². The highest BCUT2D eigenvalue weighted by Gasteiger charge is 2.50. The smallest absolute Gasteiger partial charge is 0.368 e. The number of amides is 4. The zero-order chi connectivity index (χ0) is 34.2. The largest absolute Gasteiger partial charge is 0.399 e. The summed E-state index contributed by atoms with van der Waals surface area (Å²) in [6.07, 6.45) is 0.0996. The minimum atomic E-state index is -5.80. The second-order valence-electron chi connectivity index (χ2n) is 10.3. The molecule has 2 atom stereocenters. The van der Waals surface area contributed by atoms with Crippen molar-refractivity contribution in [3.05, 3.63) is 103 Å². The molecule has 0 heterocycles. The molecule has 0 fully saturated rings. The molecule has 3 aromatic carbocycles. The molecule has 0 spiro atoms. The van der Waals surface area contributed by atoms with E-state index in [-0.39, 0.29) is 42.8 Å². The standard InChI is InChI=1S/C30H31BrF2IN4O7P/c1-17-7-10-20(16-23(17)31)28(41)38-25(14-18-8-11-21(12-9-18)30(32,33)46(43,44)45)29(42)37-24(26(35)39)6-3-13-36-27(40)19-4-2-5-22(34)15-19/h2,4-5,7-12,15-16,24-25H,3,6,13-14H2,1H3,(H2,35,39)(H,36,40)(H,37,42)(H,38,41)(H2,43,44,45)/t24-,25-/m0/s1. The van der Waals surface area contributed by atoms with Crippen molar-refractivity contribution in [1.29, 1.82) is 0 Å². The van der Waals surface area contributed by atoms with Gasteiger partial charge in [-0.3, -0.25) is 23.7 Å². The van der Waals surface area contributed by atoms with Gasteiger partial charge in [0.2, 0.25) is 11.8 Å². The fraction of sp³-hybridized carbons (Fsp3) is 0.267. The number of carbonyl (C=O) groups is 4. The quantitative estimate of drug-likeness (QED) is 0.0801. The van der Waals surface area contributed by atoms with Gasteiger partial charge in [0.15, 0.2) is 0 Å². The number of nitrogens with one attached hydrogen (secondary N) is 3. The van der Waals surface area contributed by atoms with Crippen LogP contribution in [0.15, 0.2) is 71.2 Å². The molecule has 0 unspecified atom stereocenters. The molecule has 246 valence electrons. The molecule has 7 N–H and O–H groups in total. The Morgan fingerprint density at radius 3 is 2.20 bits per heavy atom. The van der Waals surface area contributed by atoms with Crippen molar-refractivity contribution in [3.63, 3.8) is 0 Å². The van der Waals surface area contributed by atoms with Crippen LogP contribution < -0.4 is 21.7 Å². The first-order chi connectivity index (χ1) is 21.5. The van der Waals surface area contributed by atoms with Crippen LogP contribution in [0, 0.1) is 10.5 Å². The molecule has 0 aliphatic carbocycles. The van der Waals surface area contributed by atoms with Crippen molar-refractivity contribution in [3.8, 4) is 0 Å². The number of primary amides is 1. The van der Waals surface area contributed by atoms with E-state index in [1.54, 1.807) is 36.4 Å². The third-order valence-electron chi connectivity index (χ3n) is 6.86. The number of hydrogen-bond donors (Lipinski definition) is 6. The van der Waals surface area contributed by atoms with Crippen LogP contribution in [0.1, 0.15) is 50.2 Å². The summed E-state index contributed by atoms with van der Waals surface area (Å²) in [5, 5.41) is 7.85. The van der Waals surface area contributed by atoms with Crippen molar-refractivity contribution in [2.75, 3.05) is 6.54 Å². The van der Waals surface area contributed by atoms with E-state index < -0.39 is 48.6 Å². The Labute approximate surface area is 285 Å². The molecule has 16 heteroatoms. The average molecular weight is 835 g/mol. The van der Waals surface area contributed by atoms with Gasteiger partial charge >= 0.3 is 13.3 Å². The number of hydrogen-bond acceptors (Lipinski definition) is 5. The van der Waals surface area contributed by atoms with E-state index in [0.717, 1.165) is 33.4 Å². The molecule has 3 aromatic rings. The first-order valence-corrected chi connectivity index (χ1v) is 17.2. The predicted molar refractivity (Wildman–Crippen MR) is 178 cm³/mol. The fourth-order valence-electron chi connectivity index (χ4n) is 4.23. The van der Waals surface area contributed by atoms with Crippen LogP contribution >= 0.6 is 46.1 Å². The molecule has 46 heavy (non-hydrogen) atoms. The van der Waals surface area contributed by atoms with Gasteiger partial charge in [0.05, 0.1) is 0 Å². The maximum absolute atomic E-state index is 14.1. The molecule has 0 aliphatic rings. The van der Waals surface area contributed by atoms with E-state index in [0.29, 0.717) is 10.0 Å². The lowest BCUT2D eigenvalue weighted by atomic mass is 10.0. The molecule has 0 saturated carbocycles. The number of halogens is 4. The Morgan fingerprint density at radius 1 is 0.957 bits per heavy atom. The molecule has 0 aromatic heterocycles. The number of carbonyl (C=O) groups excluding carboxylic acids is 4. The molecular weight excluding hydrogens is 804 g/mol. The summed E-state index contributed by atoms with van der Waals surface area (Å²) < 4.78 is 41.1. The lowest BCUT2D eigenvalue weighted by Crippen LogP contribution is -2.53. The maximum Gasteiger partial charge on any atom is 0.399 e. The van der Waals surface area contributed by atoms with Crippen LogP contribution in [0.3, 0.4) is 0 Å². The summed E-state index contributed by atoms with van der Waals surface area (Å²) in [5.41, 5.74) is 1.98. The zero-order valence-electron chi connectivity index (χ0n) is 24.3.